The summed E-state index contributed by atoms with van der Waals surface area (Å²) in [5.74, 6) is 0.294. The molecule has 0 atom stereocenters. The third kappa shape index (κ3) is 3.40. The number of rotatable bonds is 6. The molecule has 1 amide bonds. The molecule has 1 aromatic heterocycles. The lowest BCUT2D eigenvalue weighted by molar-refractivity contribution is 0.0785. The van der Waals surface area contributed by atoms with Gasteiger partial charge in [-0.2, -0.15) is 0 Å². The molecule has 0 aliphatic carbocycles. The second kappa shape index (κ2) is 6.90. The van der Waals surface area contributed by atoms with Crippen molar-refractivity contribution in [3.63, 3.8) is 0 Å². The van der Waals surface area contributed by atoms with Crippen LogP contribution in [0.3, 0.4) is 0 Å². The highest BCUT2D eigenvalue weighted by atomic mass is 32.1. The number of nitrogens with two attached hydrogens (primary N) is 1. The van der Waals surface area contributed by atoms with Crippen LogP contribution < -0.4 is 10.6 Å². The Morgan fingerprint density at radius 2 is 2.20 bits per heavy atom. The molecule has 2 heterocycles. The number of aromatic nitrogens is 1. The summed E-state index contributed by atoms with van der Waals surface area (Å²) in [6.07, 6.45) is 3.18. The van der Waals surface area contributed by atoms with Crippen LogP contribution in [0.1, 0.15) is 28.9 Å². The quantitative estimate of drug-likeness (QED) is 0.805. The smallest absolute Gasteiger partial charge is 0.267 e. The first-order valence-corrected chi connectivity index (χ1v) is 7.70. The number of hydrogen-bond donors (Lipinski definition) is 1. The highest BCUT2D eigenvalue weighted by Crippen LogP contribution is 2.31. The van der Waals surface area contributed by atoms with E-state index < -0.39 is 0 Å². The van der Waals surface area contributed by atoms with E-state index in [1.54, 1.807) is 19.1 Å². The summed E-state index contributed by atoms with van der Waals surface area (Å²) in [7, 11) is 3.44. The normalized spacial score (nSPS) is 14.8. The van der Waals surface area contributed by atoms with E-state index in [1.165, 1.54) is 24.2 Å². The lowest BCUT2D eigenvalue weighted by Crippen LogP contribution is -2.28. The van der Waals surface area contributed by atoms with Crippen molar-refractivity contribution < 1.29 is 9.53 Å². The lowest BCUT2D eigenvalue weighted by Gasteiger charge is -2.16. The van der Waals surface area contributed by atoms with Gasteiger partial charge in [0.1, 0.15) is 10.7 Å². The fraction of sp³-hybridized carbons (Fsp3) is 0.692. The van der Waals surface area contributed by atoms with Gasteiger partial charge in [-0.3, -0.25) is 4.79 Å². The van der Waals surface area contributed by atoms with Gasteiger partial charge in [-0.1, -0.05) is 11.3 Å². The zero-order chi connectivity index (χ0) is 14.5. The van der Waals surface area contributed by atoms with Crippen LogP contribution in [0.25, 0.3) is 0 Å². The van der Waals surface area contributed by atoms with Crippen LogP contribution in [-0.4, -0.2) is 56.2 Å². The molecular weight excluding hydrogens is 276 g/mol. The number of nitrogens with zero attached hydrogens (tertiary/aromatic N) is 3. The minimum Gasteiger partial charge on any atom is -0.385 e. The van der Waals surface area contributed by atoms with Crippen molar-refractivity contribution in [2.24, 2.45) is 0 Å². The zero-order valence-electron chi connectivity index (χ0n) is 12.1. The Hall–Kier alpha value is -1.34. The number of carbonyl (C=O) groups is 1. The van der Waals surface area contributed by atoms with Gasteiger partial charge < -0.3 is 20.3 Å². The van der Waals surface area contributed by atoms with E-state index in [0.717, 1.165) is 24.6 Å². The Morgan fingerprint density at radius 3 is 2.85 bits per heavy atom. The second-order valence-electron chi connectivity index (χ2n) is 4.98. The molecule has 2 rings (SSSR count). The van der Waals surface area contributed by atoms with Crippen molar-refractivity contribution in [1.29, 1.82) is 0 Å². The number of thiazole rings is 1. The molecule has 1 aliphatic heterocycles. The number of amides is 1. The number of nitrogen functional groups attached to an aromatic ring is 1. The molecule has 6 nitrogen and oxygen atoms in total. The van der Waals surface area contributed by atoms with Crippen molar-refractivity contribution in [2.75, 3.05) is 51.0 Å². The van der Waals surface area contributed by atoms with Crippen LogP contribution in [0.2, 0.25) is 0 Å². The van der Waals surface area contributed by atoms with Crippen LogP contribution in [0.15, 0.2) is 0 Å². The van der Waals surface area contributed by atoms with E-state index in [4.69, 9.17) is 10.5 Å². The molecule has 0 aromatic carbocycles. The van der Waals surface area contributed by atoms with Crippen LogP contribution in [0.5, 0.6) is 0 Å². The Morgan fingerprint density at radius 1 is 1.50 bits per heavy atom. The van der Waals surface area contributed by atoms with E-state index in [9.17, 15) is 4.79 Å². The Kier molecular flexibility index (Phi) is 5.19. The molecule has 1 saturated heterocycles. The van der Waals surface area contributed by atoms with Gasteiger partial charge in [0.15, 0.2) is 5.13 Å². The molecule has 0 spiro atoms. The average Bonchev–Trinajstić information content (AvgIpc) is 3.07. The van der Waals surface area contributed by atoms with Crippen LogP contribution in [0, 0.1) is 0 Å². The number of anilines is 2. The molecule has 2 N–H and O–H groups in total. The van der Waals surface area contributed by atoms with Crippen LogP contribution in [-0.2, 0) is 4.74 Å². The third-order valence-electron chi connectivity index (χ3n) is 3.40. The van der Waals surface area contributed by atoms with Crippen molar-refractivity contribution in [3.8, 4) is 0 Å². The molecule has 1 aliphatic rings. The fourth-order valence-electron chi connectivity index (χ4n) is 2.24. The van der Waals surface area contributed by atoms with E-state index in [-0.39, 0.29) is 5.91 Å². The Bertz CT molecular complexity index is 457. The third-order valence-corrected chi connectivity index (χ3v) is 4.52. The van der Waals surface area contributed by atoms with Gasteiger partial charge in [-0.25, -0.2) is 4.98 Å². The predicted molar refractivity (Wildman–Crippen MR) is 81.4 cm³/mol. The monoisotopic (exact) mass is 298 g/mol. The van der Waals surface area contributed by atoms with E-state index in [1.807, 2.05) is 0 Å². The van der Waals surface area contributed by atoms with Gasteiger partial charge in [0.2, 0.25) is 0 Å². The summed E-state index contributed by atoms with van der Waals surface area (Å²) in [6, 6.07) is 0. The lowest BCUT2D eigenvalue weighted by atomic mass is 10.3. The topological polar surface area (TPSA) is 71.7 Å². The SMILES string of the molecule is COCCCN(C)C(=O)c1sc(N2CCCC2)nc1N. The molecule has 1 fully saturated rings. The standard InChI is InChI=1S/C13H22N4O2S/c1-16(6-5-9-19-2)12(18)10-11(14)15-13(20-10)17-7-3-4-8-17/h3-9,14H2,1-2H3. The number of hydrogen-bond acceptors (Lipinski definition) is 6. The molecule has 112 valence electrons. The molecule has 0 saturated carbocycles. The van der Waals surface area contributed by atoms with Gasteiger partial charge >= 0.3 is 0 Å². The first kappa shape index (κ1) is 15.1. The van der Waals surface area contributed by atoms with Crippen LogP contribution in [0.4, 0.5) is 10.9 Å². The van der Waals surface area contributed by atoms with Crippen molar-refractivity contribution in [1.82, 2.24) is 9.88 Å². The molecule has 7 heteroatoms. The number of methoxy groups -OCH3 is 1. The first-order chi connectivity index (χ1) is 9.63. The highest BCUT2D eigenvalue weighted by molar-refractivity contribution is 7.18. The van der Waals surface area contributed by atoms with Gasteiger partial charge in [0.25, 0.3) is 5.91 Å². The van der Waals surface area contributed by atoms with Gasteiger partial charge in [-0.15, -0.1) is 0 Å². The van der Waals surface area contributed by atoms with Gasteiger partial charge in [0, 0.05) is 40.4 Å². The predicted octanol–water partition coefficient (Wildman–Crippen LogP) is 1.43. The summed E-state index contributed by atoms with van der Waals surface area (Å²) < 4.78 is 4.99. The van der Waals surface area contributed by atoms with E-state index >= 15 is 0 Å². The maximum absolute atomic E-state index is 12.3. The minimum atomic E-state index is -0.0541. The van der Waals surface area contributed by atoms with E-state index in [2.05, 4.69) is 9.88 Å². The summed E-state index contributed by atoms with van der Waals surface area (Å²) in [5.41, 5.74) is 5.90. The van der Waals surface area contributed by atoms with Gasteiger partial charge in [-0.05, 0) is 19.3 Å². The van der Waals surface area contributed by atoms with Crippen molar-refractivity contribution >= 4 is 28.2 Å². The summed E-state index contributed by atoms with van der Waals surface area (Å²) in [6.45, 7) is 3.31. The second-order valence-corrected chi connectivity index (χ2v) is 5.96. The average molecular weight is 298 g/mol. The first-order valence-electron chi connectivity index (χ1n) is 6.89. The summed E-state index contributed by atoms with van der Waals surface area (Å²) >= 11 is 1.40. The Balaban J connectivity index is 2.01. The fourth-order valence-corrected chi connectivity index (χ4v) is 3.27. The number of ether oxygens (including phenoxy) is 1. The molecule has 0 radical (unpaired) electrons. The molecule has 1 aromatic rings. The molecule has 20 heavy (non-hydrogen) atoms. The number of carbonyl (C=O) groups excluding carboxylic acids is 1. The maximum atomic E-state index is 12.3. The highest BCUT2D eigenvalue weighted by Gasteiger charge is 2.23. The van der Waals surface area contributed by atoms with Gasteiger partial charge in [0.05, 0.1) is 0 Å². The molecule has 0 unspecified atom stereocenters. The largest absolute Gasteiger partial charge is 0.385 e. The molecular formula is C13H22N4O2S. The van der Waals surface area contributed by atoms with Crippen molar-refractivity contribution in [3.05, 3.63) is 4.88 Å². The van der Waals surface area contributed by atoms with Crippen LogP contribution >= 0.6 is 11.3 Å². The Labute approximate surface area is 123 Å². The zero-order valence-corrected chi connectivity index (χ0v) is 12.9. The maximum Gasteiger partial charge on any atom is 0.267 e. The van der Waals surface area contributed by atoms with Crippen molar-refractivity contribution in [2.45, 2.75) is 19.3 Å². The minimum absolute atomic E-state index is 0.0541. The summed E-state index contributed by atoms with van der Waals surface area (Å²) in [5, 5.41) is 0.869. The summed E-state index contributed by atoms with van der Waals surface area (Å²) in [4.78, 5) is 21.1. The van der Waals surface area contributed by atoms with E-state index in [0.29, 0.717) is 23.8 Å². The molecule has 0 bridgehead atoms.